The number of hydrogen-bond donors (Lipinski definition) is 1. The molecule has 0 aliphatic carbocycles. The summed E-state index contributed by atoms with van der Waals surface area (Å²) in [6.07, 6.45) is -5.06. The molecule has 2 atom stereocenters. The minimum absolute atomic E-state index is 0.253. The Bertz CT molecular complexity index is 1340. The van der Waals surface area contributed by atoms with Crippen LogP contribution in [0.4, 0.5) is 18.9 Å². The molecule has 1 aliphatic heterocycles. The Morgan fingerprint density at radius 2 is 1.44 bits per heavy atom. The fourth-order valence-electron chi connectivity index (χ4n) is 4.80. The minimum Gasteiger partial charge on any atom is -0.497 e. The van der Waals surface area contributed by atoms with E-state index in [1.165, 1.54) is 12.1 Å². The number of carbonyl (C=O) groups excluding carboxylic acids is 1. The smallest absolute Gasteiger partial charge is 0.416 e. The summed E-state index contributed by atoms with van der Waals surface area (Å²) >= 11 is 0. The predicted molar refractivity (Wildman–Crippen MR) is 142 cm³/mol. The minimum atomic E-state index is -4.44. The van der Waals surface area contributed by atoms with E-state index >= 15 is 0 Å². The molecule has 1 aliphatic rings. The third-order valence-electron chi connectivity index (χ3n) is 6.75. The molecule has 4 aromatic rings. The zero-order chi connectivity index (χ0) is 27.4. The highest BCUT2D eigenvalue weighted by atomic mass is 19.4. The van der Waals surface area contributed by atoms with E-state index in [1.54, 1.807) is 36.4 Å². The van der Waals surface area contributed by atoms with Crippen molar-refractivity contribution < 1.29 is 27.5 Å². The number of carbonyl (C=O) groups is 1. The van der Waals surface area contributed by atoms with Gasteiger partial charge in [-0.1, -0.05) is 72.8 Å². The van der Waals surface area contributed by atoms with Crippen LogP contribution in [-0.4, -0.2) is 24.2 Å². The number of alkyl halides is 3. The number of anilines is 1. The van der Waals surface area contributed by atoms with E-state index in [9.17, 15) is 18.0 Å². The summed E-state index contributed by atoms with van der Waals surface area (Å²) in [5.74, 6) is 0.312. The molecule has 1 fully saturated rings. The van der Waals surface area contributed by atoms with Gasteiger partial charge in [-0.25, -0.2) is 0 Å². The van der Waals surface area contributed by atoms with Gasteiger partial charge in [0.25, 0.3) is 5.91 Å². The van der Waals surface area contributed by atoms with Gasteiger partial charge in [0.1, 0.15) is 5.75 Å². The van der Waals surface area contributed by atoms with Crippen LogP contribution in [0.15, 0.2) is 109 Å². The molecule has 0 saturated carbocycles. The molecule has 1 heterocycles. The van der Waals surface area contributed by atoms with Gasteiger partial charge in [-0.3, -0.25) is 9.63 Å². The lowest BCUT2D eigenvalue weighted by molar-refractivity contribution is -0.186. The summed E-state index contributed by atoms with van der Waals surface area (Å²) in [5.41, 5.74) is 2.33. The lowest BCUT2D eigenvalue weighted by atomic mass is 9.94. The first-order chi connectivity index (χ1) is 18.8. The average molecular weight is 533 g/mol. The highest BCUT2D eigenvalue weighted by molar-refractivity contribution is 5.94. The molecule has 0 aromatic heterocycles. The number of methoxy groups -OCH3 is 1. The van der Waals surface area contributed by atoms with Crippen molar-refractivity contribution in [3.8, 4) is 5.75 Å². The number of nitrogens with zero attached hydrogens (tertiary/aromatic N) is 1. The summed E-state index contributed by atoms with van der Waals surface area (Å²) in [4.78, 5) is 19.7. The van der Waals surface area contributed by atoms with Crippen LogP contribution in [0.1, 0.15) is 40.8 Å². The molecule has 0 bridgehead atoms. The van der Waals surface area contributed by atoms with Crippen LogP contribution in [0.3, 0.4) is 0 Å². The molecular weight excluding hydrogens is 505 g/mol. The summed E-state index contributed by atoms with van der Waals surface area (Å²) in [5, 5.41) is 4.62. The number of benzene rings is 4. The summed E-state index contributed by atoms with van der Waals surface area (Å²) in [6, 6.07) is 30.5. The Kier molecular flexibility index (Phi) is 7.67. The maximum atomic E-state index is 13.3. The van der Waals surface area contributed by atoms with Crippen molar-refractivity contribution in [3.05, 3.63) is 131 Å². The third-order valence-corrected chi connectivity index (χ3v) is 6.75. The SMILES string of the molecule is COc1ccc(NC(=O)C2CC(c3ccc(C(F)(F)F)cc3)N(C(c3ccccc3)c3ccccc3)O2)cc1. The first-order valence-electron chi connectivity index (χ1n) is 12.5. The van der Waals surface area contributed by atoms with Crippen molar-refractivity contribution in [2.45, 2.75) is 30.8 Å². The Labute approximate surface area is 224 Å². The Morgan fingerprint density at radius 3 is 1.95 bits per heavy atom. The second kappa shape index (κ2) is 11.3. The molecule has 0 spiro atoms. The second-order valence-electron chi connectivity index (χ2n) is 9.27. The number of amides is 1. The first-order valence-corrected chi connectivity index (χ1v) is 12.5. The van der Waals surface area contributed by atoms with Crippen molar-refractivity contribution in [2.75, 3.05) is 12.4 Å². The van der Waals surface area contributed by atoms with Crippen molar-refractivity contribution in [2.24, 2.45) is 0 Å². The van der Waals surface area contributed by atoms with Gasteiger partial charge in [-0.15, -0.1) is 0 Å². The molecular formula is C31H27F3N2O3. The van der Waals surface area contributed by atoms with E-state index in [1.807, 2.05) is 60.7 Å². The molecule has 5 rings (SSSR count). The molecule has 1 N–H and O–H groups in total. The lowest BCUT2D eigenvalue weighted by Crippen LogP contribution is -2.32. The second-order valence-corrected chi connectivity index (χ2v) is 9.27. The van der Waals surface area contributed by atoms with Crippen molar-refractivity contribution in [1.29, 1.82) is 0 Å². The molecule has 0 radical (unpaired) electrons. The molecule has 5 nitrogen and oxygen atoms in total. The van der Waals surface area contributed by atoms with Crippen LogP contribution in [0.2, 0.25) is 0 Å². The quantitative estimate of drug-likeness (QED) is 0.274. The molecule has 8 heteroatoms. The van der Waals surface area contributed by atoms with E-state index in [2.05, 4.69) is 5.32 Å². The lowest BCUT2D eigenvalue weighted by Gasteiger charge is -2.32. The summed E-state index contributed by atoms with van der Waals surface area (Å²) in [7, 11) is 1.56. The van der Waals surface area contributed by atoms with Gasteiger partial charge < -0.3 is 10.1 Å². The molecule has 1 amide bonds. The van der Waals surface area contributed by atoms with Crippen LogP contribution < -0.4 is 10.1 Å². The van der Waals surface area contributed by atoms with Gasteiger partial charge >= 0.3 is 6.18 Å². The highest BCUT2D eigenvalue weighted by Crippen LogP contribution is 2.44. The molecule has 4 aromatic carbocycles. The number of halogens is 3. The summed E-state index contributed by atoms with van der Waals surface area (Å²) in [6.45, 7) is 0. The standard InChI is InChI=1S/C31H27F3N2O3/c1-38-26-18-16-25(17-19-26)35-30(37)28-20-27(21-12-14-24(15-13-21)31(32,33)34)36(39-28)29(22-8-4-2-5-9-22)23-10-6-3-7-11-23/h2-19,27-29H,20H2,1H3,(H,35,37). The van der Waals surface area contributed by atoms with Crippen molar-refractivity contribution in [3.63, 3.8) is 0 Å². The third kappa shape index (κ3) is 5.97. The van der Waals surface area contributed by atoms with E-state index < -0.39 is 29.9 Å². The van der Waals surface area contributed by atoms with Gasteiger partial charge in [0, 0.05) is 12.1 Å². The van der Waals surface area contributed by atoms with E-state index in [-0.39, 0.29) is 12.3 Å². The number of ether oxygens (including phenoxy) is 1. The molecule has 200 valence electrons. The fraction of sp³-hybridized carbons (Fsp3) is 0.194. The maximum absolute atomic E-state index is 13.3. The predicted octanol–water partition coefficient (Wildman–Crippen LogP) is 7.19. The molecule has 2 unspecified atom stereocenters. The highest BCUT2D eigenvalue weighted by Gasteiger charge is 2.43. The van der Waals surface area contributed by atoms with E-state index in [0.717, 1.165) is 23.3 Å². The zero-order valence-corrected chi connectivity index (χ0v) is 21.1. The molecule has 39 heavy (non-hydrogen) atoms. The van der Waals surface area contributed by atoms with Crippen molar-refractivity contribution >= 4 is 11.6 Å². The normalized spacial score (nSPS) is 17.8. The Hall–Kier alpha value is -4.14. The van der Waals surface area contributed by atoms with Gasteiger partial charge in [0.15, 0.2) is 6.10 Å². The Morgan fingerprint density at radius 1 is 0.872 bits per heavy atom. The maximum Gasteiger partial charge on any atom is 0.416 e. The van der Waals surface area contributed by atoms with Crippen LogP contribution in [0.5, 0.6) is 5.75 Å². The number of nitrogens with one attached hydrogen (secondary N) is 1. The topological polar surface area (TPSA) is 50.8 Å². The van der Waals surface area contributed by atoms with Gasteiger partial charge in [-0.05, 0) is 53.1 Å². The average Bonchev–Trinajstić information content (AvgIpc) is 3.39. The van der Waals surface area contributed by atoms with Gasteiger partial charge in [-0.2, -0.15) is 18.2 Å². The van der Waals surface area contributed by atoms with Gasteiger partial charge in [0.05, 0.1) is 24.8 Å². The van der Waals surface area contributed by atoms with Crippen LogP contribution in [-0.2, 0) is 15.8 Å². The fourth-order valence-corrected chi connectivity index (χ4v) is 4.80. The zero-order valence-electron chi connectivity index (χ0n) is 21.1. The van der Waals surface area contributed by atoms with Gasteiger partial charge in [0.2, 0.25) is 0 Å². The largest absolute Gasteiger partial charge is 0.497 e. The van der Waals surface area contributed by atoms with Crippen molar-refractivity contribution in [1.82, 2.24) is 5.06 Å². The van der Waals surface area contributed by atoms with E-state index in [0.29, 0.717) is 17.0 Å². The number of rotatable bonds is 7. The van der Waals surface area contributed by atoms with Crippen LogP contribution in [0, 0.1) is 0 Å². The monoisotopic (exact) mass is 532 g/mol. The number of hydroxylamine groups is 2. The van der Waals surface area contributed by atoms with E-state index in [4.69, 9.17) is 9.57 Å². The van der Waals surface area contributed by atoms with Crippen LogP contribution >= 0.6 is 0 Å². The van der Waals surface area contributed by atoms with Crippen LogP contribution in [0.25, 0.3) is 0 Å². The first kappa shape index (κ1) is 26.5. The number of hydrogen-bond acceptors (Lipinski definition) is 4. The molecule has 1 saturated heterocycles. The Balaban J connectivity index is 1.50. The summed E-state index contributed by atoms with van der Waals surface area (Å²) < 4.78 is 45.0.